The van der Waals surface area contributed by atoms with Gasteiger partial charge in [0.1, 0.15) is 5.56 Å². The van der Waals surface area contributed by atoms with Crippen LogP contribution in [-0.4, -0.2) is 43.7 Å². The van der Waals surface area contributed by atoms with Gasteiger partial charge in [0, 0.05) is 12.6 Å². The van der Waals surface area contributed by atoms with E-state index < -0.39 is 28.6 Å². The Morgan fingerprint density at radius 1 is 1.16 bits per heavy atom. The van der Waals surface area contributed by atoms with Crippen molar-refractivity contribution in [3.63, 3.8) is 0 Å². The number of carbonyl (C=O) groups is 2. The molecule has 1 atom stereocenters. The number of ether oxygens (including phenoxy) is 3. The average molecular weight is 354 g/mol. The lowest BCUT2D eigenvalue weighted by Gasteiger charge is -2.15. The summed E-state index contributed by atoms with van der Waals surface area (Å²) in [6.45, 7) is 5.66. The van der Waals surface area contributed by atoms with Crippen LogP contribution in [0.2, 0.25) is 0 Å². The second-order valence-electron chi connectivity index (χ2n) is 5.67. The monoisotopic (exact) mass is 354 g/mol. The van der Waals surface area contributed by atoms with Gasteiger partial charge >= 0.3 is 5.97 Å². The Kier molecular flexibility index (Phi) is 7.16. The molecule has 0 saturated heterocycles. The zero-order chi connectivity index (χ0) is 19.1. The van der Waals surface area contributed by atoms with E-state index in [1.165, 1.54) is 21.1 Å². The van der Waals surface area contributed by atoms with Gasteiger partial charge in [0.2, 0.25) is 0 Å². The van der Waals surface area contributed by atoms with E-state index in [2.05, 4.69) is 5.32 Å². The van der Waals surface area contributed by atoms with Crippen molar-refractivity contribution in [3.05, 3.63) is 27.8 Å². The Labute approximate surface area is 145 Å². The second kappa shape index (κ2) is 8.86. The van der Waals surface area contributed by atoms with Crippen LogP contribution in [0.3, 0.4) is 0 Å². The molecule has 0 spiro atoms. The number of benzene rings is 1. The van der Waals surface area contributed by atoms with Crippen molar-refractivity contribution in [2.45, 2.75) is 26.9 Å². The fourth-order valence-corrected chi connectivity index (χ4v) is 1.91. The summed E-state index contributed by atoms with van der Waals surface area (Å²) in [6.07, 6.45) is -1.10. The topological polar surface area (TPSA) is 117 Å². The van der Waals surface area contributed by atoms with Crippen LogP contribution < -0.4 is 14.8 Å². The highest BCUT2D eigenvalue weighted by Crippen LogP contribution is 2.34. The van der Waals surface area contributed by atoms with Gasteiger partial charge in [-0.2, -0.15) is 0 Å². The van der Waals surface area contributed by atoms with Crippen molar-refractivity contribution < 1.29 is 28.7 Å². The molecular weight excluding hydrogens is 332 g/mol. The van der Waals surface area contributed by atoms with Gasteiger partial charge in [-0.15, -0.1) is 0 Å². The first kappa shape index (κ1) is 20.2. The quantitative estimate of drug-likeness (QED) is 0.430. The van der Waals surface area contributed by atoms with Crippen LogP contribution in [0.5, 0.6) is 11.5 Å². The average Bonchev–Trinajstić information content (AvgIpc) is 2.57. The van der Waals surface area contributed by atoms with Crippen molar-refractivity contribution in [3.8, 4) is 11.5 Å². The Morgan fingerprint density at radius 2 is 1.72 bits per heavy atom. The van der Waals surface area contributed by atoms with Crippen molar-refractivity contribution in [2.24, 2.45) is 5.92 Å². The minimum absolute atomic E-state index is 0.105. The second-order valence-corrected chi connectivity index (χ2v) is 5.67. The summed E-state index contributed by atoms with van der Waals surface area (Å²) in [7, 11) is 2.65. The number of nitrogens with zero attached hydrogens (tertiary/aromatic N) is 1. The Hall–Kier alpha value is -2.84. The molecule has 0 aliphatic carbocycles. The molecule has 0 unspecified atom stereocenters. The molecule has 0 radical (unpaired) electrons. The standard InChI is InChI=1S/C16H22N2O7/c1-9(2)8-17-15(19)10(3)25-16(20)11-6-13(23-4)14(24-5)7-12(11)18(21)22/h6-7,9-10H,8H2,1-5H3,(H,17,19)/t10-/m1/s1. The molecule has 1 aromatic rings. The van der Waals surface area contributed by atoms with E-state index in [0.29, 0.717) is 6.54 Å². The first-order valence-corrected chi connectivity index (χ1v) is 7.60. The van der Waals surface area contributed by atoms with Gasteiger partial charge in [-0.05, 0) is 12.8 Å². The Morgan fingerprint density at radius 3 is 2.20 bits per heavy atom. The summed E-state index contributed by atoms with van der Waals surface area (Å²) < 4.78 is 15.1. The summed E-state index contributed by atoms with van der Waals surface area (Å²) in [5, 5.41) is 13.8. The van der Waals surface area contributed by atoms with Crippen LogP contribution in [0.4, 0.5) is 5.69 Å². The van der Waals surface area contributed by atoms with E-state index in [9.17, 15) is 19.7 Å². The molecule has 1 N–H and O–H groups in total. The molecule has 138 valence electrons. The Balaban J connectivity index is 3.04. The smallest absolute Gasteiger partial charge is 0.346 e. The molecule has 1 aromatic carbocycles. The number of methoxy groups -OCH3 is 2. The molecule has 0 saturated carbocycles. The summed E-state index contributed by atoms with van der Waals surface area (Å²) in [5.74, 6) is -1.01. The molecule has 0 aliphatic heterocycles. The number of hydrogen-bond acceptors (Lipinski definition) is 7. The zero-order valence-electron chi connectivity index (χ0n) is 14.8. The summed E-state index contributed by atoms with van der Waals surface area (Å²) in [5.41, 5.74) is -0.830. The van der Waals surface area contributed by atoms with Gasteiger partial charge < -0.3 is 19.5 Å². The lowest BCUT2D eigenvalue weighted by molar-refractivity contribution is -0.385. The van der Waals surface area contributed by atoms with Crippen LogP contribution in [-0.2, 0) is 9.53 Å². The van der Waals surface area contributed by atoms with Crippen LogP contribution in [0.25, 0.3) is 0 Å². The van der Waals surface area contributed by atoms with Crippen LogP contribution in [0.15, 0.2) is 12.1 Å². The molecule has 1 amide bonds. The number of carbonyl (C=O) groups excluding carboxylic acids is 2. The first-order valence-electron chi connectivity index (χ1n) is 7.60. The summed E-state index contributed by atoms with van der Waals surface area (Å²) >= 11 is 0. The van der Waals surface area contributed by atoms with E-state index in [4.69, 9.17) is 14.2 Å². The predicted molar refractivity (Wildman–Crippen MR) is 88.9 cm³/mol. The van der Waals surface area contributed by atoms with Gasteiger partial charge in [0.05, 0.1) is 25.2 Å². The molecule has 9 nitrogen and oxygen atoms in total. The van der Waals surface area contributed by atoms with E-state index >= 15 is 0 Å². The molecule has 0 heterocycles. The normalized spacial score (nSPS) is 11.6. The number of nitro benzene ring substituents is 1. The van der Waals surface area contributed by atoms with Crippen molar-refractivity contribution >= 4 is 17.6 Å². The van der Waals surface area contributed by atoms with Crippen molar-refractivity contribution in [1.82, 2.24) is 5.32 Å². The maximum absolute atomic E-state index is 12.3. The van der Waals surface area contributed by atoms with E-state index in [-0.39, 0.29) is 23.0 Å². The highest BCUT2D eigenvalue weighted by Gasteiger charge is 2.28. The molecule has 25 heavy (non-hydrogen) atoms. The third-order valence-corrected chi connectivity index (χ3v) is 3.26. The largest absolute Gasteiger partial charge is 0.493 e. The van der Waals surface area contributed by atoms with Gasteiger partial charge in [-0.25, -0.2) is 4.79 Å². The van der Waals surface area contributed by atoms with Crippen molar-refractivity contribution in [2.75, 3.05) is 20.8 Å². The molecule has 0 fully saturated rings. The lowest BCUT2D eigenvalue weighted by Crippen LogP contribution is -2.37. The fourth-order valence-electron chi connectivity index (χ4n) is 1.91. The predicted octanol–water partition coefficient (Wildman–Crippen LogP) is 1.93. The van der Waals surface area contributed by atoms with Crippen molar-refractivity contribution in [1.29, 1.82) is 0 Å². The maximum atomic E-state index is 12.3. The summed E-state index contributed by atoms with van der Waals surface area (Å²) in [4.78, 5) is 34.7. The number of hydrogen-bond donors (Lipinski definition) is 1. The number of amides is 1. The van der Waals surface area contributed by atoms with Crippen LogP contribution in [0, 0.1) is 16.0 Å². The van der Waals surface area contributed by atoms with Gasteiger partial charge in [-0.3, -0.25) is 14.9 Å². The molecule has 0 aromatic heterocycles. The fraction of sp³-hybridized carbons (Fsp3) is 0.500. The van der Waals surface area contributed by atoms with E-state index in [0.717, 1.165) is 12.1 Å². The highest BCUT2D eigenvalue weighted by molar-refractivity contribution is 5.96. The number of esters is 1. The van der Waals surface area contributed by atoms with E-state index in [1.807, 2.05) is 13.8 Å². The third-order valence-electron chi connectivity index (χ3n) is 3.26. The van der Waals surface area contributed by atoms with Gasteiger partial charge in [0.15, 0.2) is 17.6 Å². The van der Waals surface area contributed by atoms with Crippen LogP contribution >= 0.6 is 0 Å². The zero-order valence-corrected chi connectivity index (χ0v) is 14.8. The minimum atomic E-state index is -1.10. The first-order chi connectivity index (χ1) is 11.7. The van der Waals surface area contributed by atoms with Gasteiger partial charge in [-0.1, -0.05) is 13.8 Å². The summed E-state index contributed by atoms with van der Waals surface area (Å²) in [6, 6.07) is 2.22. The molecule has 9 heteroatoms. The third kappa shape index (κ3) is 5.33. The lowest BCUT2D eigenvalue weighted by atomic mass is 10.1. The molecule has 0 aliphatic rings. The maximum Gasteiger partial charge on any atom is 0.346 e. The SMILES string of the molecule is COc1cc(C(=O)O[C@H](C)C(=O)NCC(C)C)c([N+](=O)[O-])cc1OC. The molecular formula is C16H22N2O7. The minimum Gasteiger partial charge on any atom is -0.493 e. The number of rotatable bonds is 8. The number of nitrogens with one attached hydrogen (secondary N) is 1. The van der Waals surface area contributed by atoms with E-state index in [1.54, 1.807) is 0 Å². The van der Waals surface area contributed by atoms with Crippen LogP contribution in [0.1, 0.15) is 31.1 Å². The number of nitro groups is 1. The highest BCUT2D eigenvalue weighted by atomic mass is 16.6. The molecule has 1 rings (SSSR count). The molecule has 0 bridgehead atoms. The Bertz CT molecular complexity index is 658. The van der Waals surface area contributed by atoms with Gasteiger partial charge in [0.25, 0.3) is 11.6 Å².